The number of thiocarbonyl (C=S) groups is 1. The molecule has 2 aliphatic rings. The van der Waals surface area contributed by atoms with Gasteiger partial charge in [0.1, 0.15) is 11.6 Å². The topological polar surface area (TPSA) is 67.6 Å². The van der Waals surface area contributed by atoms with Crippen LogP contribution in [-0.4, -0.2) is 15.8 Å². The predicted molar refractivity (Wildman–Crippen MR) is 104 cm³/mol. The summed E-state index contributed by atoms with van der Waals surface area (Å²) in [6.07, 6.45) is 0. The standard InChI is InChI=1S/C18H15ClFN3O3S/c1-9-16-12-7-11(23(24)25)4-6-15(12)26-18(9,2)22(17(27)21-16)10-3-5-14(20)13(19)8-10/h3-9,16H,1-2H3,(H,21,27). The Kier molecular flexibility index (Phi) is 4.01. The molecule has 1 N–H and O–H groups in total. The first kappa shape index (κ1) is 17.9. The molecule has 6 nitrogen and oxygen atoms in total. The van der Waals surface area contributed by atoms with Gasteiger partial charge in [-0.15, -0.1) is 0 Å². The number of ether oxygens (including phenoxy) is 1. The molecule has 27 heavy (non-hydrogen) atoms. The zero-order valence-corrected chi connectivity index (χ0v) is 16.0. The van der Waals surface area contributed by atoms with E-state index < -0.39 is 16.5 Å². The first-order chi connectivity index (χ1) is 12.7. The summed E-state index contributed by atoms with van der Waals surface area (Å²) in [5.41, 5.74) is 0.399. The first-order valence-corrected chi connectivity index (χ1v) is 9.04. The maximum atomic E-state index is 13.6. The summed E-state index contributed by atoms with van der Waals surface area (Å²) in [5.74, 6) is -0.100. The normalized spacial score (nSPS) is 26.1. The maximum Gasteiger partial charge on any atom is 0.270 e. The van der Waals surface area contributed by atoms with Crippen molar-refractivity contribution in [1.29, 1.82) is 0 Å². The number of benzene rings is 2. The number of fused-ring (bicyclic) bond motifs is 4. The highest BCUT2D eigenvalue weighted by molar-refractivity contribution is 7.80. The largest absolute Gasteiger partial charge is 0.467 e. The van der Waals surface area contributed by atoms with E-state index in [9.17, 15) is 14.5 Å². The van der Waals surface area contributed by atoms with Crippen LogP contribution in [-0.2, 0) is 0 Å². The van der Waals surface area contributed by atoms with Crippen molar-refractivity contribution in [2.24, 2.45) is 5.92 Å². The SMILES string of the molecule is CC1C2NC(=S)N(c3ccc(F)c(Cl)c3)C1(C)Oc1ccc([N+](=O)[O-])cc12. The quantitative estimate of drug-likeness (QED) is 0.447. The van der Waals surface area contributed by atoms with E-state index in [1.54, 1.807) is 17.0 Å². The monoisotopic (exact) mass is 407 g/mol. The molecule has 3 unspecified atom stereocenters. The van der Waals surface area contributed by atoms with Crippen molar-refractivity contribution in [2.45, 2.75) is 25.6 Å². The molecule has 9 heteroatoms. The Morgan fingerprint density at radius 3 is 2.78 bits per heavy atom. The lowest BCUT2D eigenvalue weighted by Crippen LogP contribution is -2.69. The summed E-state index contributed by atoms with van der Waals surface area (Å²) in [7, 11) is 0. The molecule has 1 fully saturated rings. The zero-order valence-electron chi connectivity index (χ0n) is 14.4. The molecule has 0 spiro atoms. The van der Waals surface area contributed by atoms with Gasteiger partial charge in [0.15, 0.2) is 10.8 Å². The average molecular weight is 408 g/mol. The van der Waals surface area contributed by atoms with E-state index in [1.807, 2.05) is 13.8 Å². The molecule has 0 amide bonds. The van der Waals surface area contributed by atoms with E-state index in [4.69, 9.17) is 28.6 Å². The van der Waals surface area contributed by atoms with E-state index in [2.05, 4.69) is 5.32 Å². The number of nitrogens with zero attached hydrogens (tertiary/aromatic N) is 2. The van der Waals surface area contributed by atoms with Crippen molar-refractivity contribution >= 4 is 40.3 Å². The van der Waals surface area contributed by atoms with Crippen LogP contribution in [0.3, 0.4) is 0 Å². The van der Waals surface area contributed by atoms with Crippen LogP contribution in [0, 0.1) is 21.8 Å². The Morgan fingerprint density at radius 1 is 1.37 bits per heavy atom. The molecule has 2 aliphatic heterocycles. The van der Waals surface area contributed by atoms with Gasteiger partial charge in [0.2, 0.25) is 0 Å². The zero-order chi connectivity index (χ0) is 19.5. The number of anilines is 1. The molecule has 0 aliphatic carbocycles. The van der Waals surface area contributed by atoms with Gasteiger partial charge in [-0.2, -0.15) is 0 Å². The van der Waals surface area contributed by atoms with Crippen LogP contribution in [0.25, 0.3) is 0 Å². The molecule has 0 aromatic heterocycles. The molecule has 3 atom stereocenters. The van der Waals surface area contributed by atoms with Gasteiger partial charge >= 0.3 is 0 Å². The van der Waals surface area contributed by atoms with E-state index in [-0.39, 0.29) is 22.7 Å². The Labute approximate surface area is 165 Å². The molecule has 2 bridgehead atoms. The Hall–Kier alpha value is -2.45. The fourth-order valence-electron chi connectivity index (χ4n) is 3.73. The summed E-state index contributed by atoms with van der Waals surface area (Å²) in [6, 6.07) is 8.62. The average Bonchev–Trinajstić information content (AvgIpc) is 2.60. The first-order valence-electron chi connectivity index (χ1n) is 8.25. The number of nitro groups is 1. The van der Waals surface area contributed by atoms with Gasteiger partial charge in [0.05, 0.1) is 16.0 Å². The summed E-state index contributed by atoms with van der Waals surface area (Å²) < 4.78 is 19.9. The van der Waals surface area contributed by atoms with Crippen molar-refractivity contribution in [3.63, 3.8) is 0 Å². The van der Waals surface area contributed by atoms with Crippen molar-refractivity contribution in [3.8, 4) is 5.75 Å². The Bertz CT molecular complexity index is 988. The summed E-state index contributed by atoms with van der Waals surface area (Å²) in [4.78, 5) is 12.5. The molecular weight excluding hydrogens is 393 g/mol. The van der Waals surface area contributed by atoms with Gasteiger partial charge < -0.3 is 10.1 Å². The lowest BCUT2D eigenvalue weighted by Gasteiger charge is -2.56. The van der Waals surface area contributed by atoms with Crippen LogP contribution < -0.4 is 15.0 Å². The summed E-state index contributed by atoms with van der Waals surface area (Å²) in [5, 5.41) is 14.7. The highest BCUT2D eigenvalue weighted by atomic mass is 35.5. The summed E-state index contributed by atoms with van der Waals surface area (Å²) >= 11 is 11.5. The van der Waals surface area contributed by atoms with Gasteiger partial charge in [0, 0.05) is 29.3 Å². The second-order valence-corrected chi connectivity index (χ2v) is 7.58. The third kappa shape index (κ3) is 2.62. The third-order valence-corrected chi connectivity index (χ3v) is 5.88. The fourth-order valence-corrected chi connectivity index (χ4v) is 4.32. The summed E-state index contributed by atoms with van der Waals surface area (Å²) in [6.45, 7) is 3.86. The van der Waals surface area contributed by atoms with Gasteiger partial charge in [-0.1, -0.05) is 18.5 Å². The van der Waals surface area contributed by atoms with Crippen molar-refractivity contribution < 1.29 is 14.1 Å². The smallest absolute Gasteiger partial charge is 0.270 e. The molecule has 0 saturated carbocycles. The number of nitrogens with one attached hydrogen (secondary N) is 1. The molecular formula is C18H15ClFN3O3S. The molecule has 2 aromatic carbocycles. The number of halogens is 2. The Balaban J connectivity index is 1.83. The van der Waals surface area contributed by atoms with E-state index >= 15 is 0 Å². The maximum absolute atomic E-state index is 13.6. The van der Waals surface area contributed by atoms with Crippen molar-refractivity contribution in [3.05, 3.63) is 62.9 Å². The minimum Gasteiger partial charge on any atom is -0.467 e. The second kappa shape index (κ2) is 6.03. The van der Waals surface area contributed by atoms with Crippen LogP contribution in [0.2, 0.25) is 5.02 Å². The Morgan fingerprint density at radius 2 is 2.11 bits per heavy atom. The van der Waals surface area contributed by atoms with Crippen molar-refractivity contribution in [2.75, 3.05) is 4.90 Å². The lowest BCUT2D eigenvalue weighted by molar-refractivity contribution is -0.385. The van der Waals surface area contributed by atoms with E-state index in [1.165, 1.54) is 24.3 Å². The third-order valence-electron chi connectivity index (χ3n) is 5.29. The molecule has 4 rings (SSSR count). The minimum atomic E-state index is -0.878. The van der Waals surface area contributed by atoms with Gasteiger partial charge in [0.25, 0.3) is 5.69 Å². The van der Waals surface area contributed by atoms with Gasteiger partial charge in [-0.3, -0.25) is 15.0 Å². The second-order valence-electron chi connectivity index (χ2n) is 6.79. The van der Waals surface area contributed by atoms with Crippen LogP contribution in [0.15, 0.2) is 36.4 Å². The minimum absolute atomic E-state index is 0.00591. The number of non-ortho nitro benzene ring substituents is 1. The molecule has 2 aromatic rings. The number of hydrogen-bond donors (Lipinski definition) is 1. The predicted octanol–water partition coefficient (Wildman–Crippen LogP) is 4.57. The molecule has 0 radical (unpaired) electrons. The molecule has 140 valence electrons. The van der Waals surface area contributed by atoms with Crippen LogP contribution >= 0.6 is 23.8 Å². The number of nitro benzene ring substituents is 1. The van der Waals surface area contributed by atoms with E-state index in [0.717, 1.165) is 0 Å². The van der Waals surface area contributed by atoms with Crippen LogP contribution in [0.5, 0.6) is 5.75 Å². The van der Waals surface area contributed by atoms with Gasteiger partial charge in [-0.05, 0) is 43.4 Å². The highest BCUT2D eigenvalue weighted by Crippen LogP contribution is 2.50. The number of hydrogen-bond acceptors (Lipinski definition) is 4. The molecule has 1 saturated heterocycles. The lowest BCUT2D eigenvalue weighted by atomic mass is 9.80. The number of rotatable bonds is 2. The van der Waals surface area contributed by atoms with Crippen molar-refractivity contribution in [1.82, 2.24) is 5.32 Å². The van der Waals surface area contributed by atoms with Crippen LogP contribution in [0.4, 0.5) is 15.8 Å². The molecule has 2 heterocycles. The van der Waals surface area contributed by atoms with E-state index in [0.29, 0.717) is 22.1 Å². The van der Waals surface area contributed by atoms with Gasteiger partial charge in [-0.25, -0.2) is 4.39 Å². The van der Waals surface area contributed by atoms with Crippen LogP contribution in [0.1, 0.15) is 25.5 Å². The fraction of sp³-hybridized carbons (Fsp3) is 0.278. The highest BCUT2D eigenvalue weighted by Gasteiger charge is 2.54.